The summed E-state index contributed by atoms with van der Waals surface area (Å²) in [6, 6.07) is 1.92. The Kier molecular flexibility index (Phi) is 5.15. The van der Waals surface area contributed by atoms with Gasteiger partial charge in [0.2, 0.25) is 5.91 Å². The van der Waals surface area contributed by atoms with Crippen molar-refractivity contribution in [2.75, 3.05) is 5.75 Å². The molecule has 1 aromatic rings. The summed E-state index contributed by atoms with van der Waals surface area (Å²) in [4.78, 5) is 15.7. The SMILES string of the molecule is Cc1ccnc(SCC(=O)NC(C)C)c1C(=N)N. The van der Waals surface area contributed by atoms with Gasteiger partial charge in [-0.25, -0.2) is 4.98 Å². The third kappa shape index (κ3) is 4.03. The molecule has 0 aromatic carbocycles. The van der Waals surface area contributed by atoms with Crippen molar-refractivity contribution in [3.63, 3.8) is 0 Å². The average Bonchev–Trinajstić information content (AvgIpc) is 2.24. The summed E-state index contributed by atoms with van der Waals surface area (Å²) in [5.74, 6) is 0.203. The molecule has 0 fully saturated rings. The molecule has 1 rings (SSSR count). The Hall–Kier alpha value is -1.56. The molecule has 0 saturated carbocycles. The van der Waals surface area contributed by atoms with Crippen molar-refractivity contribution >= 4 is 23.5 Å². The number of pyridine rings is 1. The molecular weight excluding hydrogens is 248 g/mol. The van der Waals surface area contributed by atoms with E-state index in [1.165, 1.54) is 11.8 Å². The summed E-state index contributed by atoms with van der Waals surface area (Å²) < 4.78 is 0. The van der Waals surface area contributed by atoms with Gasteiger partial charge in [-0.05, 0) is 32.4 Å². The predicted molar refractivity (Wildman–Crippen MR) is 74.0 cm³/mol. The Labute approximate surface area is 111 Å². The number of carbonyl (C=O) groups excluding carboxylic acids is 1. The van der Waals surface area contributed by atoms with Crippen LogP contribution in [0.2, 0.25) is 0 Å². The second kappa shape index (κ2) is 6.39. The van der Waals surface area contributed by atoms with Crippen LogP contribution in [-0.4, -0.2) is 28.5 Å². The van der Waals surface area contributed by atoms with Crippen LogP contribution in [0.1, 0.15) is 25.0 Å². The number of amides is 1. The number of thioether (sulfide) groups is 1. The molecule has 98 valence electrons. The fourth-order valence-electron chi connectivity index (χ4n) is 1.47. The van der Waals surface area contributed by atoms with Gasteiger partial charge in [-0.3, -0.25) is 10.2 Å². The number of rotatable bonds is 5. The lowest BCUT2D eigenvalue weighted by molar-refractivity contribution is -0.119. The number of amidine groups is 1. The van der Waals surface area contributed by atoms with E-state index in [2.05, 4.69) is 10.3 Å². The molecule has 1 aromatic heterocycles. The molecule has 18 heavy (non-hydrogen) atoms. The molecule has 0 spiro atoms. The maximum Gasteiger partial charge on any atom is 0.230 e. The lowest BCUT2D eigenvalue weighted by Gasteiger charge is -2.11. The van der Waals surface area contributed by atoms with Crippen molar-refractivity contribution < 1.29 is 4.79 Å². The first-order valence-corrected chi connectivity index (χ1v) is 6.62. The molecule has 5 nitrogen and oxygen atoms in total. The molecular formula is C12H18N4OS. The van der Waals surface area contributed by atoms with Gasteiger partial charge in [-0.2, -0.15) is 0 Å². The maximum atomic E-state index is 11.5. The Bertz CT molecular complexity index is 459. The Balaban J connectivity index is 2.76. The standard InChI is InChI=1S/C12H18N4OS/c1-7(2)16-9(17)6-18-12-10(11(13)14)8(3)4-5-15-12/h4-5,7H,6H2,1-3H3,(H3,13,14)(H,16,17). The van der Waals surface area contributed by atoms with Gasteiger partial charge < -0.3 is 11.1 Å². The molecule has 0 bridgehead atoms. The van der Waals surface area contributed by atoms with Crippen molar-refractivity contribution in [3.05, 3.63) is 23.4 Å². The van der Waals surface area contributed by atoms with E-state index in [0.29, 0.717) is 10.6 Å². The van der Waals surface area contributed by atoms with Gasteiger partial charge in [-0.15, -0.1) is 0 Å². The van der Waals surface area contributed by atoms with Gasteiger partial charge in [-0.1, -0.05) is 11.8 Å². The molecule has 0 saturated heterocycles. The van der Waals surface area contributed by atoms with Crippen LogP contribution in [0.3, 0.4) is 0 Å². The highest BCUT2D eigenvalue weighted by atomic mass is 32.2. The number of aromatic nitrogens is 1. The van der Waals surface area contributed by atoms with Crippen LogP contribution in [0.5, 0.6) is 0 Å². The van der Waals surface area contributed by atoms with Gasteiger partial charge in [0.05, 0.1) is 11.3 Å². The molecule has 0 unspecified atom stereocenters. The minimum Gasteiger partial charge on any atom is -0.384 e. The summed E-state index contributed by atoms with van der Waals surface area (Å²) in [6.45, 7) is 5.69. The van der Waals surface area contributed by atoms with Crippen LogP contribution in [0, 0.1) is 12.3 Å². The van der Waals surface area contributed by atoms with Crippen molar-refractivity contribution in [1.29, 1.82) is 5.41 Å². The minimum absolute atomic E-state index is 0.0210. The molecule has 1 amide bonds. The van der Waals surface area contributed by atoms with Crippen LogP contribution in [-0.2, 0) is 4.79 Å². The van der Waals surface area contributed by atoms with Gasteiger partial charge in [0.15, 0.2) is 0 Å². The zero-order valence-corrected chi connectivity index (χ0v) is 11.6. The molecule has 0 aliphatic carbocycles. The van der Waals surface area contributed by atoms with Crippen LogP contribution < -0.4 is 11.1 Å². The monoisotopic (exact) mass is 266 g/mol. The lowest BCUT2D eigenvalue weighted by atomic mass is 10.1. The first-order valence-electron chi connectivity index (χ1n) is 5.64. The van der Waals surface area contributed by atoms with E-state index in [0.717, 1.165) is 5.56 Å². The van der Waals surface area contributed by atoms with Crippen LogP contribution in [0.15, 0.2) is 17.3 Å². The number of aryl methyl sites for hydroxylation is 1. The normalized spacial score (nSPS) is 10.4. The van der Waals surface area contributed by atoms with Crippen molar-refractivity contribution in [1.82, 2.24) is 10.3 Å². The number of hydrogen-bond donors (Lipinski definition) is 3. The number of nitrogen functional groups attached to an aromatic ring is 1. The Morgan fingerprint density at radius 1 is 1.61 bits per heavy atom. The number of nitrogens with zero attached hydrogens (tertiary/aromatic N) is 1. The fraction of sp³-hybridized carbons (Fsp3) is 0.417. The van der Waals surface area contributed by atoms with E-state index in [-0.39, 0.29) is 23.5 Å². The summed E-state index contributed by atoms with van der Waals surface area (Å²) in [7, 11) is 0. The van der Waals surface area contributed by atoms with E-state index < -0.39 is 0 Å². The largest absolute Gasteiger partial charge is 0.384 e. The zero-order valence-electron chi connectivity index (χ0n) is 10.8. The van der Waals surface area contributed by atoms with Gasteiger partial charge in [0.25, 0.3) is 0 Å². The van der Waals surface area contributed by atoms with E-state index in [1.54, 1.807) is 12.3 Å². The fourth-order valence-corrected chi connectivity index (χ4v) is 2.37. The van der Waals surface area contributed by atoms with Crippen molar-refractivity contribution in [2.24, 2.45) is 5.73 Å². The van der Waals surface area contributed by atoms with Gasteiger partial charge in [0, 0.05) is 12.2 Å². The van der Waals surface area contributed by atoms with Gasteiger partial charge >= 0.3 is 0 Å². The topological polar surface area (TPSA) is 91.9 Å². The maximum absolute atomic E-state index is 11.5. The average molecular weight is 266 g/mol. The number of nitrogens with two attached hydrogens (primary N) is 1. The third-order valence-corrected chi connectivity index (χ3v) is 3.17. The second-order valence-corrected chi connectivity index (χ2v) is 5.20. The number of hydrogen-bond acceptors (Lipinski definition) is 4. The smallest absolute Gasteiger partial charge is 0.230 e. The van der Waals surface area contributed by atoms with Gasteiger partial charge in [0.1, 0.15) is 10.9 Å². The van der Waals surface area contributed by atoms with E-state index in [4.69, 9.17) is 11.1 Å². The first-order chi connectivity index (χ1) is 8.41. The summed E-state index contributed by atoms with van der Waals surface area (Å²) in [5.41, 5.74) is 7.04. The molecule has 4 N–H and O–H groups in total. The second-order valence-electron chi connectivity index (χ2n) is 4.23. The Morgan fingerprint density at radius 3 is 2.83 bits per heavy atom. The highest BCUT2D eigenvalue weighted by Gasteiger charge is 2.12. The Morgan fingerprint density at radius 2 is 2.28 bits per heavy atom. The van der Waals surface area contributed by atoms with Crippen LogP contribution in [0.4, 0.5) is 0 Å². The first kappa shape index (κ1) is 14.5. The van der Waals surface area contributed by atoms with Crippen LogP contribution >= 0.6 is 11.8 Å². The zero-order chi connectivity index (χ0) is 13.7. The summed E-state index contributed by atoms with van der Waals surface area (Å²) in [6.07, 6.45) is 1.66. The molecule has 1 heterocycles. The van der Waals surface area contributed by atoms with Crippen molar-refractivity contribution in [2.45, 2.75) is 31.8 Å². The lowest BCUT2D eigenvalue weighted by Crippen LogP contribution is -2.31. The van der Waals surface area contributed by atoms with Crippen LogP contribution in [0.25, 0.3) is 0 Å². The van der Waals surface area contributed by atoms with E-state index >= 15 is 0 Å². The highest BCUT2D eigenvalue weighted by Crippen LogP contribution is 2.22. The molecule has 6 heteroatoms. The van der Waals surface area contributed by atoms with E-state index in [1.807, 2.05) is 20.8 Å². The molecule has 0 radical (unpaired) electrons. The number of nitrogens with one attached hydrogen (secondary N) is 2. The molecule has 0 atom stereocenters. The highest BCUT2D eigenvalue weighted by molar-refractivity contribution is 8.00. The molecule has 0 aliphatic heterocycles. The van der Waals surface area contributed by atoms with Crippen molar-refractivity contribution in [3.8, 4) is 0 Å². The quantitative estimate of drug-likeness (QED) is 0.425. The van der Waals surface area contributed by atoms with E-state index in [9.17, 15) is 4.79 Å². The minimum atomic E-state index is -0.0483. The summed E-state index contributed by atoms with van der Waals surface area (Å²) >= 11 is 1.30. The molecule has 0 aliphatic rings. The third-order valence-electron chi connectivity index (χ3n) is 2.18. The predicted octanol–water partition coefficient (Wildman–Crippen LogP) is 1.29. The number of carbonyl (C=O) groups is 1. The summed E-state index contributed by atoms with van der Waals surface area (Å²) in [5, 5.41) is 11.0.